The Morgan fingerprint density at radius 3 is 2.74 bits per heavy atom. The van der Waals surface area contributed by atoms with Crippen LogP contribution in [0.25, 0.3) is 0 Å². The van der Waals surface area contributed by atoms with E-state index in [9.17, 15) is 0 Å². The number of nitrogens with one attached hydrogen (secondary N) is 1. The third kappa shape index (κ3) is 4.65. The topological polar surface area (TPSA) is 12.0 Å². The Bertz CT molecular complexity index is 393. The highest BCUT2D eigenvalue weighted by atomic mass is 14.9. The van der Waals surface area contributed by atoms with Crippen LogP contribution in [0.5, 0.6) is 0 Å². The van der Waals surface area contributed by atoms with Crippen LogP contribution in [0.1, 0.15) is 55.7 Å². The monoisotopic (exact) mass is 259 g/mol. The number of aryl methyl sites for hydroxylation is 3. The minimum atomic E-state index is 0.782. The first-order valence-corrected chi connectivity index (χ1v) is 8.00. The fourth-order valence-corrected chi connectivity index (χ4v) is 2.91. The summed E-state index contributed by atoms with van der Waals surface area (Å²) in [6, 6.07) is 7.62. The summed E-state index contributed by atoms with van der Waals surface area (Å²) in [6.07, 6.45) is 8.06. The molecule has 0 amide bonds. The smallest absolute Gasteiger partial charge is 0.00954 e. The van der Waals surface area contributed by atoms with Gasteiger partial charge in [0.05, 0.1) is 0 Å². The maximum atomic E-state index is 3.74. The first kappa shape index (κ1) is 14.6. The SMILES string of the molecule is CCCNC(CCCc1cc(C)ccc1C)C1CC1. The molecule has 1 nitrogen and oxygen atoms in total. The molecule has 106 valence electrons. The molecule has 0 bridgehead atoms. The average Bonchev–Trinajstić information content (AvgIpc) is 3.22. The van der Waals surface area contributed by atoms with E-state index in [0.29, 0.717) is 0 Å². The fourth-order valence-electron chi connectivity index (χ4n) is 2.91. The average molecular weight is 259 g/mol. The lowest BCUT2D eigenvalue weighted by molar-refractivity contribution is 0.425. The summed E-state index contributed by atoms with van der Waals surface area (Å²) in [7, 11) is 0. The molecule has 1 unspecified atom stereocenters. The number of benzene rings is 1. The second kappa shape index (κ2) is 7.09. The number of hydrogen-bond donors (Lipinski definition) is 1. The van der Waals surface area contributed by atoms with Gasteiger partial charge in [-0.1, -0.05) is 30.7 Å². The van der Waals surface area contributed by atoms with E-state index in [1.54, 1.807) is 5.56 Å². The summed E-state index contributed by atoms with van der Waals surface area (Å²) in [6.45, 7) is 7.87. The van der Waals surface area contributed by atoms with Crippen molar-refractivity contribution in [2.75, 3.05) is 6.54 Å². The minimum Gasteiger partial charge on any atom is -0.314 e. The summed E-state index contributed by atoms with van der Waals surface area (Å²) in [5.41, 5.74) is 4.39. The van der Waals surface area contributed by atoms with Crippen molar-refractivity contribution in [1.82, 2.24) is 5.32 Å². The zero-order valence-electron chi connectivity index (χ0n) is 12.8. The molecule has 2 rings (SSSR count). The molecule has 1 N–H and O–H groups in total. The van der Waals surface area contributed by atoms with Crippen LogP contribution in [0.4, 0.5) is 0 Å². The molecule has 0 saturated heterocycles. The molecule has 1 aliphatic carbocycles. The Balaban J connectivity index is 1.79. The summed E-state index contributed by atoms with van der Waals surface area (Å²) in [5.74, 6) is 0.977. The largest absolute Gasteiger partial charge is 0.314 e. The van der Waals surface area contributed by atoms with Crippen molar-refractivity contribution in [3.8, 4) is 0 Å². The third-order valence-corrected chi connectivity index (χ3v) is 4.31. The maximum Gasteiger partial charge on any atom is 0.00954 e. The lowest BCUT2D eigenvalue weighted by atomic mass is 9.97. The van der Waals surface area contributed by atoms with Gasteiger partial charge in [0.25, 0.3) is 0 Å². The molecule has 1 heteroatoms. The van der Waals surface area contributed by atoms with Crippen LogP contribution in [0, 0.1) is 19.8 Å². The Kier molecular flexibility index (Phi) is 5.45. The van der Waals surface area contributed by atoms with Gasteiger partial charge in [-0.05, 0) is 76.0 Å². The van der Waals surface area contributed by atoms with E-state index in [4.69, 9.17) is 0 Å². The van der Waals surface area contributed by atoms with Crippen LogP contribution in [-0.4, -0.2) is 12.6 Å². The van der Waals surface area contributed by atoms with Crippen molar-refractivity contribution in [1.29, 1.82) is 0 Å². The predicted octanol–water partition coefficient (Wildman–Crippen LogP) is 4.40. The first-order valence-electron chi connectivity index (χ1n) is 8.00. The van der Waals surface area contributed by atoms with Crippen LogP contribution in [0.15, 0.2) is 18.2 Å². The fraction of sp³-hybridized carbons (Fsp3) is 0.667. The highest BCUT2D eigenvalue weighted by Gasteiger charge is 2.29. The predicted molar refractivity (Wildman–Crippen MR) is 83.7 cm³/mol. The van der Waals surface area contributed by atoms with E-state index in [0.717, 1.165) is 12.0 Å². The zero-order chi connectivity index (χ0) is 13.7. The molecule has 0 spiro atoms. The molecule has 1 atom stereocenters. The second-order valence-corrected chi connectivity index (χ2v) is 6.22. The van der Waals surface area contributed by atoms with Gasteiger partial charge in [-0.25, -0.2) is 0 Å². The van der Waals surface area contributed by atoms with E-state index in [1.807, 2.05) is 0 Å². The van der Waals surface area contributed by atoms with Gasteiger partial charge in [0.15, 0.2) is 0 Å². The quantitative estimate of drug-likeness (QED) is 0.729. The standard InChI is InChI=1S/C18H29N/c1-4-12-19-18(16-10-11-16)7-5-6-17-13-14(2)8-9-15(17)3/h8-9,13,16,18-19H,4-7,10-12H2,1-3H3. The normalized spacial score (nSPS) is 16.6. The lowest BCUT2D eigenvalue weighted by Gasteiger charge is -2.18. The van der Waals surface area contributed by atoms with Gasteiger partial charge >= 0.3 is 0 Å². The van der Waals surface area contributed by atoms with Crippen LogP contribution in [0.3, 0.4) is 0 Å². The minimum absolute atomic E-state index is 0.782. The van der Waals surface area contributed by atoms with Gasteiger partial charge in [0.2, 0.25) is 0 Å². The Morgan fingerprint density at radius 1 is 1.26 bits per heavy atom. The summed E-state index contributed by atoms with van der Waals surface area (Å²) >= 11 is 0. The second-order valence-electron chi connectivity index (χ2n) is 6.22. The van der Waals surface area contributed by atoms with Crippen LogP contribution in [-0.2, 0) is 6.42 Å². The molecule has 1 fully saturated rings. The van der Waals surface area contributed by atoms with Crippen molar-refractivity contribution in [2.45, 2.75) is 65.3 Å². The van der Waals surface area contributed by atoms with E-state index in [2.05, 4.69) is 44.3 Å². The summed E-state index contributed by atoms with van der Waals surface area (Å²) < 4.78 is 0. The highest BCUT2D eigenvalue weighted by molar-refractivity contribution is 5.30. The zero-order valence-corrected chi connectivity index (χ0v) is 12.8. The third-order valence-electron chi connectivity index (χ3n) is 4.31. The van der Waals surface area contributed by atoms with Crippen LogP contribution >= 0.6 is 0 Å². The molecular weight excluding hydrogens is 230 g/mol. The van der Waals surface area contributed by atoms with Gasteiger partial charge in [-0.15, -0.1) is 0 Å². The molecular formula is C18H29N. The molecule has 0 aromatic heterocycles. The molecule has 1 aliphatic rings. The van der Waals surface area contributed by atoms with Gasteiger partial charge in [0, 0.05) is 6.04 Å². The summed E-state index contributed by atoms with van der Waals surface area (Å²) in [5, 5.41) is 3.74. The molecule has 1 aromatic carbocycles. The van der Waals surface area contributed by atoms with E-state index < -0.39 is 0 Å². The lowest BCUT2D eigenvalue weighted by Crippen LogP contribution is -2.31. The van der Waals surface area contributed by atoms with E-state index in [-0.39, 0.29) is 0 Å². The van der Waals surface area contributed by atoms with E-state index >= 15 is 0 Å². The number of rotatable bonds is 8. The Labute approximate surface area is 118 Å². The molecule has 1 aromatic rings. The van der Waals surface area contributed by atoms with Gasteiger partial charge < -0.3 is 5.32 Å². The van der Waals surface area contributed by atoms with Gasteiger partial charge in [0.1, 0.15) is 0 Å². The van der Waals surface area contributed by atoms with Gasteiger partial charge in [-0.2, -0.15) is 0 Å². The summed E-state index contributed by atoms with van der Waals surface area (Å²) in [4.78, 5) is 0. The molecule has 0 heterocycles. The van der Waals surface area contributed by atoms with Gasteiger partial charge in [-0.3, -0.25) is 0 Å². The maximum absolute atomic E-state index is 3.74. The van der Waals surface area contributed by atoms with E-state index in [1.165, 1.54) is 56.2 Å². The van der Waals surface area contributed by atoms with Crippen molar-refractivity contribution < 1.29 is 0 Å². The van der Waals surface area contributed by atoms with Crippen molar-refractivity contribution in [3.63, 3.8) is 0 Å². The van der Waals surface area contributed by atoms with Crippen molar-refractivity contribution in [2.24, 2.45) is 5.92 Å². The van der Waals surface area contributed by atoms with Crippen LogP contribution in [0.2, 0.25) is 0 Å². The molecule has 19 heavy (non-hydrogen) atoms. The van der Waals surface area contributed by atoms with Crippen molar-refractivity contribution in [3.05, 3.63) is 34.9 Å². The Morgan fingerprint density at radius 2 is 2.05 bits per heavy atom. The molecule has 0 aliphatic heterocycles. The first-order chi connectivity index (χ1) is 9.20. The Hall–Kier alpha value is -0.820. The molecule has 1 saturated carbocycles. The number of hydrogen-bond acceptors (Lipinski definition) is 1. The molecule has 0 radical (unpaired) electrons. The van der Waals surface area contributed by atoms with Crippen LogP contribution < -0.4 is 5.32 Å². The highest BCUT2D eigenvalue weighted by Crippen LogP contribution is 2.34. The van der Waals surface area contributed by atoms with Crippen molar-refractivity contribution >= 4 is 0 Å².